The first kappa shape index (κ1) is 27.7. The second-order valence-corrected chi connectivity index (χ2v) is 10.8. The predicted molar refractivity (Wildman–Crippen MR) is 165 cm³/mol. The molecule has 0 atom stereocenters. The van der Waals surface area contributed by atoms with E-state index in [1.165, 1.54) is 52.7 Å². The van der Waals surface area contributed by atoms with Gasteiger partial charge < -0.3 is 9.84 Å². The van der Waals surface area contributed by atoms with Crippen LogP contribution in [0.15, 0.2) is 115 Å². The van der Waals surface area contributed by atoms with Crippen LogP contribution < -0.4 is 4.74 Å². The van der Waals surface area contributed by atoms with Crippen molar-refractivity contribution in [2.45, 2.75) is 58.0 Å². The van der Waals surface area contributed by atoms with Gasteiger partial charge in [-0.05, 0) is 97.2 Å². The van der Waals surface area contributed by atoms with Crippen LogP contribution in [0.3, 0.4) is 0 Å². The Morgan fingerprint density at radius 1 is 0.625 bits per heavy atom. The normalized spacial score (nSPS) is 13.4. The Balaban J connectivity index is 1.16. The molecule has 40 heavy (non-hydrogen) atoms. The maximum atomic E-state index is 9.80. The highest BCUT2D eigenvalue weighted by molar-refractivity contribution is 5.82. The van der Waals surface area contributed by atoms with E-state index in [2.05, 4.69) is 89.8 Å². The summed E-state index contributed by atoms with van der Waals surface area (Å²) in [7, 11) is 0. The zero-order valence-electron chi connectivity index (χ0n) is 23.5. The van der Waals surface area contributed by atoms with E-state index in [-0.39, 0.29) is 0 Å². The van der Waals surface area contributed by atoms with Crippen molar-refractivity contribution in [2.24, 2.45) is 0 Å². The number of allylic oxidation sites excluding steroid dienone is 1. The van der Waals surface area contributed by atoms with Crippen molar-refractivity contribution in [2.75, 3.05) is 13.2 Å². The molecule has 5 rings (SSSR count). The van der Waals surface area contributed by atoms with Crippen LogP contribution in [0.2, 0.25) is 0 Å². The summed E-state index contributed by atoms with van der Waals surface area (Å²) in [5.41, 5.74) is 7.96. The van der Waals surface area contributed by atoms with Gasteiger partial charge in [0.2, 0.25) is 0 Å². The van der Waals surface area contributed by atoms with Crippen LogP contribution >= 0.6 is 0 Å². The number of hydrogen-bond acceptors (Lipinski definition) is 3. The van der Waals surface area contributed by atoms with Gasteiger partial charge in [-0.3, -0.25) is 4.90 Å². The van der Waals surface area contributed by atoms with Crippen molar-refractivity contribution >= 4 is 5.57 Å². The van der Waals surface area contributed by atoms with E-state index in [1.807, 2.05) is 12.1 Å². The Bertz CT molecular complexity index is 1280. The minimum absolute atomic E-state index is 0.309. The Labute approximate surface area is 239 Å². The fourth-order valence-corrected chi connectivity index (χ4v) is 5.67. The number of unbranched alkanes of at least 4 members (excludes halogenated alkanes) is 1. The fraction of sp³-hybridized carbons (Fsp3) is 0.297. The third kappa shape index (κ3) is 8.09. The highest BCUT2D eigenvalue weighted by atomic mass is 16.5. The van der Waals surface area contributed by atoms with Crippen molar-refractivity contribution in [1.29, 1.82) is 0 Å². The minimum Gasteiger partial charge on any atom is -0.508 e. The Hall–Kier alpha value is -3.82. The van der Waals surface area contributed by atoms with Crippen LogP contribution in [0.4, 0.5) is 0 Å². The number of nitrogens with zero attached hydrogens (tertiary/aromatic N) is 1. The molecule has 1 aliphatic carbocycles. The number of hydrogen-bond donors (Lipinski definition) is 1. The molecule has 1 fully saturated rings. The van der Waals surface area contributed by atoms with E-state index < -0.39 is 0 Å². The third-order valence-corrected chi connectivity index (χ3v) is 7.75. The molecule has 1 N–H and O–H groups in total. The van der Waals surface area contributed by atoms with Crippen molar-refractivity contribution in [3.05, 3.63) is 137 Å². The first-order valence-electron chi connectivity index (χ1n) is 14.8. The Morgan fingerprint density at radius 3 is 1.75 bits per heavy atom. The van der Waals surface area contributed by atoms with Gasteiger partial charge in [0.15, 0.2) is 0 Å². The minimum atomic E-state index is 0.309. The van der Waals surface area contributed by atoms with Crippen LogP contribution in [0, 0.1) is 0 Å². The molecule has 1 aliphatic rings. The number of phenols is 1. The fourth-order valence-electron chi connectivity index (χ4n) is 5.67. The molecule has 3 heteroatoms. The summed E-state index contributed by atoms with van der Waals surface area (Å²) in [5.74, 6) is 1.23. The maximum Gasteiger partial charge on any atom is 0.119 e. The summed E-state index contributed by atoms with van der Waals surface area (Å²) < 4.78 is 6.16. The lowest BCUT2D eigenvalue weighted by molar-refractivity contribution is 0.236. The van der Waals surface area contributed by atoms with Crippen molar-refractivity contribution in [1.82, 2.24) is 4.90 Å². The summed E-state index contributed by atoms with van der Waals surface area (Å²) in [6, 6.07) is 37.7. The Morgan fingerprint density at radius 2 is 1.18 bits per heavy atom. The summed E-state index contributed by atoms with van der Waals surface area (Å²) >= 11 is 0. The molecule has 0 radical (unpaired) electrons. The molecule has 206 valence electrons. The molecule has 0 amide bonds. The number of phenolic OH excluding ortho intramolecular Hbond substituents is 1. The van der Waals surface area contributed by atoms with E-state index in [1.54, 1.807) is 12.1 Å². The van der Waals surface area contributed by atoms with E-state index in [0.29, 0.717) is 5.75 Å². The summed E-state index contributed by atoms with van der Waals surface area (Å²) in [6.07, 6.45) is 8.24. The molecular weight excluding hydrogens is 490 g/mol. The SMILES string of the molecule is Oc1ccc(C(=C2CCCCC2)c2ccc(OCCCCN(Cc3ccccc3)Cc3ccccc3)cc2)cc1. The highest BCUT2D eigenvalue weighted by Crippen LogP contribution is 2.36. The number of ether oxygens (including phenoxy) is 1. The quantitative estimate of drug-likeness (QED) is 0.185. The van der Waals surface area contributed by atoms with E-state index in [0.717, 1.165) is 57.7 Å². The standard InChI is InChI=1S/C37H41NO2/c39-35-22-18-33(19-23-35)37(32-16-8-3-9-17-32)34-20-24-36(25-21-34)40-27-11-10-26-38(28-30-12-4-1-5-13-30)29-31-14-6-2-7-15-31/h1-2,4-7,12-15,18-25,39H,3,8-11,16-17,26-29H2. The number of aromatic hydroxyl groups is 1. The molecule has 4 aromatic carbocycles. The molecule has 4 aromatic rings. The molecule has 0 bridgehead atoms. The first-order valence-corrected chi connectivity index (χ1v) is 14.8. The van der Waals surface area contributed by atoms with Gasteiger partial charge in [0.1, 0.15) is 11.5 Å². The molecular formula is C37H41NO2. The predicted octanol–water partition coefficient (Wildman–Crippen LogP) is 9.02. The molecule has 0 unspecified atom stereocenters. The maximum absolute atomic E-state index is 9.80. The molecule has 0 saturated heterocycles. The van der Waals surface area contributed by atoms with Crippen molar-refractivity contribution in [3.63, 3.8) is 0 Å². The van der Waals surface area contributed by atoms with Crippen LogP contribution in [-0.2, 0) is 13.1 Å². The monoisotopic (exact) mass is 531 g/mol. The van der Waals surface area contributed by atoms with Crippen LogP contribution in [0.25, 0.3) is 5.57 Å². The zero-order chi connectivity index (χ0) is 27.4. The summed E-state index contributed by atoms with van der Waals surface area (Å²) in [5, 5.41) is 9.80. The Kier molecular flexibility index (Phi) is 10.1. The van der Waals surface area contributed by atoms with E-state index >= 15 is 0 Å². The molecule has 0 spiro atoms. The summed E-state index contributed by atoms with van der Waals surface area (Å²) in [6.45, 7) is 3.67. The van der Waals surface area contributed by atoms with Gasteiger partial charge in [0.05, 0.1) is 6.61 Å². The number of rotatable bonds is 12. The van der Waals surface area contributed by atoms with Gasteiger partial charge in [-0.25, -0.2) is 0 Å². The molecule has 0 heterocycles. The second kappa shape index (κ2) is 14.5. The van der Waals surface area contributed by atoms with Gasteiger partial charge in [0, 0.05) is 13.1 Å². The summed E-state index contributed by atoms with van der Waals surface area (Å²) in [4.78, 5) is 2.53. The van der Waals surface area contributed by atoms with Crippen LogP contribution in [-0.4, -0.2) is 23.2 Å². The topological polar surface area (TPSA) is 32.7 Å². The lowest BCUT2D eigenvalue weighted by Crippen LogP contribution is -2.24. The lowest BCUT2D eigenvalue weighted by Gasteiger charge is -2.23. The van der Waals surface area contributed by atoms with Gasteiger partial charge in [-0.1, -0.05) is 96.9 Å². The van der Waals surface area contributed by atoms with Crippen molar-refractivity contribution < 1.29 is 9.84 Å². The highest BCUT2D eigenvalue weighted by Gasteiger charge is 2.15. The van der Waals surface area contributed by atoms with Crippen LogP contribution in [0.5, 0.6) is 11.5 Å². The lowest BCUT2D eigenvalue weighted by atomic mass is 9.85. The van der Waals surface area contributed by atoms with Gasteiger partial charge in [0.25, 0.3) is 0 Å². The largest absolute Gasteiger partial charge is 0.508 e. The number of benzene rings is 4. The molecule has 1 saturated carbocycles. The van der Waals surface area contributed by atoms with E-state index in [9.17, 15) is 5.11 Å². The van der Waals surface area contributed by atoms with Gasteiger partial charge >= 0.3 is 0 Å². The smallest absolute Gasteiger partial charge is 0.119 e. The van der Waals surface area contributed by atoms with Crippen LogP contribution in [0.1, 0.15) is 67.2 Å². The van der Waals surface area contributed by atoms with E-state index in [4.69, 9.17) is 4.74 Å². The zero-order valence-corrected chi connectivity index (χ0v) is 23.5. The molecule has 3 nitrogen and oxygen atoms in total. The average Bonchev–Trinajstić information content (AvgIpc) is 3.00. The third-order valence-electron chi connectivity index (χ3n) is 7.75. The second-order valence-electron chi connectivity index (χ2n) is 10.8. The average molecular weight is 532 g/mol. The van der Waals surface area contributed by atoms with Gasteiger partial charge in [-0.15, -0.1) is 0 Å². The van der Waals surface area contributed by atoms with Crippen molar-refractivity contribution in [3.8, 4) is 11.5 Å². The van der Waals surface area contributed by atoms with Gasteiger partial charge in [-0.2, -0.15) is 0 Å². The first-order chi connectivity index (χ1) is 19.7. The molecule has 0 aromatic heterocycles. The molecule has 0 aliphatic heterocycles.